The van der Waals surface area contributed by atoms with Crippen molar-refractivity contribution in [3.63, 3.8) is 0 Å². The van der Waals surface area contributed by atoms with Crippen molar-refractivity contribution in [2.24, 2.45) is 0 Å². The van der Waals surface area contributed by atoms with Crippen molar-refractivity contribution in [1.82, 2.24) is 15.0 Å². The molecule has 0 fully saturated rings. The van der Waals surface area contributed by atoms with E-state index in [9.17, 15) is 0 Å². The highest BCUT2D eigenvalue weighted by atomic mass is 14.9. The van der Waals surface area contributed by atoms with Crippen LogP contribution in [0.1, 0.15) is 0 Å². The minimum absolute atomic E-state index is 0.676. The first kappa shape index (κ1) is 31.5. The number of aromatic nitrogens is 3. The number of rotatable bonds is 6. The summed E-state index contributed by atoms with van der Waals surface area (Å²) in [6.07, 6.45) is 1.83. The molecule has 0 amide bonds. The molecule has 0 saturated carbocycles. The lowest BCUT2D eigenvalue weighted by Gasteiger charge is -2.18. The second kappa shape index (κ2) is 13.4. The average molecular weight is 688 g/mol. The molecule has 0 aliphatic rings. The zero-order valence-electron chi connectivity index (χ0n) is 29.4. The van der Waals surface area contributed by atoms with Gasteiger partial charge in [0.25, 0.3) is 0 Å². The van der Waals surface area contributed by atoms with Gasteiger partial charge in [-0.1, -0.05) is 158 Å². The van der Waals surface area contributed by atoms with E-state index < -0.39 is 0 Å². The van der Waals surface area contributed by atoms with Crippen LogP contribution in [0.4, 0.5) is 0 Å². The molecule has 2 aromatic heterocycles. The first-order chi connectivity index (χ1) is 26.8. The predicted molar refractivity (Wildman–Crippen MR) is 225 cm³/mol. The summed E-state index contributed by atoms with van der Waals surface area (Å²) in [5.74, 6) is 0.676. The average Bonchev–Trinajstić information content (AvgIpc) is 3.26. The van der Waals surface area contributed by atoms with Gasteiger partial charge in [0, 0.05) is 28.5 Å². The fourth-order valence-electron chi connectivity index (χ4n) is 7.76. The van der Waals surface area contributed by atoms with Gasteiger partial charge in [0.15, 0.2) is 5.82 Å². The Morgan fingerprint density at radius 1 is 0.278 bits per heavy atom. The van der Waals surface area contributed by atoms with E-state index in [4.69, 9.17) is 9.97 Å². The number of fused-ring (bicyclic) bond motifs is 3. The molecule has 0 N–H and O–H groups in total. The molecule has 3 nitrogen and oxygen atoms in total. The lowest BCUT2D eigenvalue weighted by Crippen LogP contribution is -1.97. The Hall–Kier alpha value is -7.23. The van der Waals surface area contributed by atoms with Gasteiger partial charge in [0.2, 0.25) is 0 Å². The van der Waals surface area contributed by atoms with E-state index in [-0.39, 0.29) is 0 Å². The fraction of sp³-hybridized carbons (Fsp3) is 0. The van der Waals surface area contributed by atoms with E-state index in [2.05, 4.69) is 181 Å². The van der Waals surface area contributed by atoms with Crippen molar-refractivity contribution < 1.29 is 0 Å². The molecule has 0 spiro atoms. The van der Waals surface area contributed by atoms with Gasteiger partial charge in [-0.05, 0) is 91.0 Å². The third-order valence-corrected chi connectivity index (χ3v) is 10.3. The van der Waals surface area contributed by atoms with Crippen molar-refractivity contribution in [1.29, 1.82) is 0 Å². The topological polar surface area (TPSA) is 38.7 Å². The van der Waals surface area contributed by atoms with E-state index >= 15 is 0 Å². The SMILES string of the molecule is c1ccc(-c2c3ccccc3c(-c3cccc(-c4nc(-c5cccc(-c6ccccn6)c5)cc(-c5ccc6ccccc6c5)n4)c3)c3ccccc23)cc1. The number of hydrogen-bond donors (Lipinski definition) is 0. The summed E-state index contributed by atoms with van der Waals surface area (Å²) in [7, 11) is 0. The minimum Gasteiger partial charge on any atom is -0.256 e. The van der Waals surface area contributed by atoms with Crippen molar-refractivity contribution in [3.05, 3.63) is 200 Å². The summed E-state index contributed by atoms with van der Waals surface area (Å²) in [4.78, 5) is 15.2. The largest absolute Gasteiger partial charge is 0.256 e. The number of pyridine rings is 1. The predicted octanol–water partition coefficient (Wildman–Crippen LogP) is 13.3. The quantitative estimate of drug-likeness (QED) is 0.163. The lowest BCUT2D eigenvalue weighted by atomic mass is 9.85. The summed E-state index contributed by atoms with van der Waals surface area (Å²) >= 11 is 0. The van der Waals surface area contributed by atoms with Gasteiger partial charge in [0.05, 0.1) is 17.1 Å². The van der Waals surface area contributed by atoms with E-state index in [0.29, 0.717) is 5.82 Å². The van der Waals surface area contributed by atoms with Crippen molar-refractivity contribution >= 4 is 32.3 Å². The Balaban J connectivity index is 1.18. The van der Waals surface area contributed by atoms with Crippen LogP contribution in [0.5, 0.6) is 0 Å². The van der Waals surface area contributed by atoms with Crippen LogP contribution in [0.2, 0.25) is 0 Å². The third kappa shape index (κ3) is 5.69. The molecular formula is C51H33N3. The summed E-state index contributed by atoms with van der Waals surface area (Å²) in [6.45, 7) is 0. The molecule has 10 rings (SSSR count). The minimum atomic E-state index is 0.676. The molecular weight excluding hydrogens is 655 g/mol. The molecule has 0 atom stereocenters. The molecule has 0 unspecified atom stereocenters. The van der Waals surface area contributed by atoms with Gasteiger partial charge in [-0.2, -0.15) is 0 Å². The third-order valence-electron chi connectivity index (χ3n) is 10.3. The zero-order chi connectivity index (χ0) is 35.8. The molecule has 3 heteroatoms. The molecule has 0 radical (unpaired) electrons. The standard InChI is InChI=1S/C51H33N3/c1-2-15-35(16-3-1)49-42-22-6-8-24-44(42)50(45-25-9-7-23-43(45)49)40-20-13-21-41(32-40)51-53-47(38-19-12-18-37(31-38)46-26-10-11-29-52-46)33-48(54-51)39-28-27-34-14-4-5-17-36(34)30-39/h1-33H. The van der Waals surface area contributed by atoms with Gasteiger partial charge in [0.1, 0.15) is 0 Å². The Kier molecular flexibility index (Phi) is 7.81. The number of hydrogen-bond acceptors (Lipinski definition) is 3. The molecule has 8 aromatic carbocycles. The molecule has 0 bridgehead atoms. The van der Waals surface area contributed by atoms with Gasteiger partial charge < -0.3 is 0 Å². The lowest BCUT2D eigenvalue weighted by molar-refractivity contribution is 1.18. The molecule has 0 aliphatic carbocycles. The highest BCUT2D eigenvalue weighted by Gasteiger charge is 2.18. The smallest absolute Gasteiger partial charge is 0.160 e. The fourth-order valence-corrected chi connectivity index (χ4v) is 7.76. The molecule has 2 heterocycles. The van der Waals surface area contributed by atoms with Gasteiger partial charge in [-0.25, -0.2) is 9.97 Å². The first-order valence-electron chi connectivity index (χ1n) is 18.3. The van der Waals surface area contributed by atoms with Crippen molar-refractivity contribution in [2.45, 2.75) is 0 Å². The Labute approximate surface area is 313 Å². The summed E-state index contributed by atoms with van der Waals surface area (Å²) < 4.78 is 0. The maximum absolute atomic E-state index is 5.28. The highest BCUT2D eigenvalue weighted by Crippen LogP contribution is 2.44. The molecule has 10 aromatic rings. The zero-order valence-corrected chi connectivity index (χ0v) is 29.4. The Bertz CT molecular complexity index is 2930. The second-order valence-corrected chi connectivity index (χ2v) is 13.6. The van der Waals surface area contributed by atoms with Gasteiger partial charge in [-0.15, -0.1) is 0 Å². The van der Waals surface area contributed by atoms with Crippen LogP contribution in [-0.2, 0) is 0 Å². The summed E-state index contributed by atoms with van der Waals surface area (Å²) in [6, 6.07) is 68.6. The van der Waals surface area contributed by atoms with E-state index in [1.807, 2.05) is 24.4 Å². The number of nitrogens with zero attached hydrogens (tertiary/aromatic N) is 3. The van der Waals surface area contributed by atoms with Crippen LogP contribution in [0.25, 0.3) is 99.7 Å². The summed E-state index contributed by atoms with van der Waals surface area (Å²) in [5, 5.41) is 7.26. The Morgan fingerprint density at radius 2 is 0.778 bits per heavy atom. The monoisotopic (exact) mass is 687 g/mol. The highest BCUT2D eigenvalue weighted by molar-refractivity contribution is 6.21. The van der Waals surface area contributed by atoms with Crippen LogP contribution in [-0.4, -0.2) is 15.0 Å². The second-order valence-electron chi connectivity index (χ2n) is 13.6. The van der Waals surface area contributed by atoms with Crippen molar-refractivity contribution in [3.8, 4) is 67.4 Å². The van der Waals surface area contributed by atoms with E-state index in [1.165, 1.54) is 49.0 Å². The van der Waals surface area contributed by atoms with Gasteiger partial charge >= 0.3 is 0 Å². The number of benzene rings is 8. The van der Waals surface area contributed by atoms with E-state index in [0.717, 1.165) is 44.9 Å². The van der Waals surface area contributed by atoms with E-state index in [1.54, 1.807) is 0 Å². The molecule has 0 aliphatic heterocycles. The maximum atomic E-state index is 5.28. The van der Waals surface area contributed by atoms with Crippen molar-refractivity contribution in [2.75, 3.05) is 0 Å². The maximum Gasteiger partial charge on any atom is 0.160 e. The van der Waals surface area contributed by atoms with Crippen LogP contribution < -0.4 is 0 Å². The van der Waals surface area contributed by atoms with Crippen LogP contribution in [0.15, 0.2) is 200 Å². The van der Waals surface area contributed by atoms with Gasteiger partial charge in [-0.3, -0.25) is 4.98 Å². The van der Waals surface area contributed by atoms with Crippen LogP contribution >= 0.6 is 0 Å². The van der Waals surface area contributed by atoms with Crippen LogP contribution in [0, 0.1) is 0 Å². The van der Waals surface area contributed by atoms with Crippen LogP contribution in [0.3, 0.4) is 0 Å². The molecule has 252 valence electrons. The first-order valence-corrected chi connectivity index (χ1v) is 18.3. The molecule has 54 heavy (non-hydrogen) atoms. The normalized spacial score (nSPS) is 11.3. The molecule has 0 saturated heterocycles. The Morgan fingerprint density at radius 3 is 1.44 bits per heavy atom. The summed E-state index contributed by atoms with van der Waals surface area (Å²) in [5.41, 5.74) is 11.5.